The van der Waals surface area contributed by atoms with E-state index in [2.05, 4.69) is 34.6 Å². The highest BCUT2D eigenvalue weighted by Gasteiger charge is 2.71. The molecule has 0 N–H and O–H groups in total. The lowest BCUT2D eigenvalue weighted by atomic mass is 9.45. The highest BCUT2D eigenvalue weighted by molar-refractivity contribution is 6.64. The lowest BCUT2D eigenvalue weighted by molar-refractivity contribution is -0.115. The predicted molar refractivity (Wildman–Crippen MR) is 90.7 cm³/mol. The molecule has 0 heterocycles. The quantitative estimate of drug-likeness (QED) is 0.630. The molecule has 2 atom stereocenters. The van der Waals surface area contributed by atoms with Crippen molar-refractivity contribution in [2.45, 2.75) is 78.2 Å². The van der Waals surface area contributed by atoms with Crippen molar-refractivity contribution >= 4 is 8.80 Å². The molecule has 4 saturated carbocycles. The summed E-state index contributed by atoms with van der Waals surface area (Å²) in [4.78, 5) is 0. The van der Waals surface area contributed by atoms with E-state index >= 15 is 0 Å². The molecule has 0 amide bonds. The first-order chi connectivity index (χ1) is 10.3. The van der Waals surface area contributed by atoms with Crippen LogP contribution in [0.1, 0.15) is 73.1 Å². The van der Waals surface area contributed by atoms with Crippen LogP contribution in [-0.2, 0) is 13.3 Å². The Morgan fingerprint density at radius 3 is 1.59 bits per heavy atom. The average Bonchev–Trinajstić information content (AvgIpc) is 2.34. The van der Waals surface area contributed by atoms with Gasteiger partial charge in [0.1, 0.15) is 0 Å². The fraction of sp³-hybridized carbons (Fsp3) is 1.00. The molecule has 0 spiro atoms. The molecule has 0 radical (unpaired) electrons. The molecular formula is C18H34O3Si. The molecule has 4 bridgehead atoms. The summed E-state index contributed by atoms with van der Waals surface area (Å²) in [6.07, 6.45) is 7.95. The normalized spacial score (nSPS) is 43.8. The van der Waals surface area contributed by atoms with Crippen LogP contribution in [0.5, 0.6) is 0 Å². The summed E-state index contributed by atoms with van der Waals surface area (Å²) in [5.74, 6) is 0.847. The van der Waals surface area contributed by atoms with Crippen LogP contribution in [-0.4, -0.2) is 28.6 Å². The first-order valence-electron chi connectivity index (χ1n) is 9.26. The lowest BCUT2D eigenvalue weighted by Gasteiger charge is -2.67. The van der Waals surface area contributed by atoms with E-state index in [9.17, 15) is 0 Å². The van der Waals surface area contributed by atoms with Crippen molar-refractivity contribution in [3.05, 3.63) is 0 Å². The molecule has 0 saturated heterocycles. The molecule has 4 rings (SSSR count). The monoisotopic (exact) mass is 326 g/mol. The molecule has 0 aromatic carbocycles. The Hall–Kier alpha value is 0.0969. The van der Waals surface area contributed by atoms with Gasteiger partial charge in [-0.1, -0.05) is 13.8 Å². The van der Waals surface area contributed by atoms with Crippen LogP contribution in [0.3, 0.4) is 0 Å². The van der Waals surface area contributed by atoms with Crippen molar-refractivity contribution in [2.24, 2.45) is 16.7 Å². The van der Waals surface area contributed by atoms with Gasteiger partial charge >= 0.3 is 8.80 Å². The lowest BCUT2D eigenvalue weighted by Crippen LogP contribution is -2.65. The van der Waals surface area contributed by atoms with Crippen LogP contribution in [0, 0.1) is 16.7 Å². The Labute approximate surface area is 137 Å². The van der Waals surface area contributed by atoms with E-state index in [1.165, 1.54) is 38.5 Å². The zero-order valence-electron chi connectivity index (χ0n) is 15.2. The van der Waals surface area contributed by atoms with Gasteiger partial charge in [-0.25, -0.2) is 0 Å². The molecule has 4 aliphatic rings. The highest BCUT2D eigenvalue weighted by atomic mass is 28.4. The standard InChI is InChI=1S/C18H34O3Si/c1-6-19-22(20-7-2,21-8-3)18-11-15-9-16(4,13-18)12-17(5,10-15)14-18/h15H,6-14H2,1-5H3. The maximum absolute atomic E-state index is 6.38. The van der Waals surface area contributed by atoms with Crippen molar-refractivity contribution in [3.63, 3.8) is 0 Å². The highest BCUT2D eigenvalue weighted by Crippen LogP contribution is 2.75. The van der Waals surface area contributed by atoms with Gasteiger partial charge in [0.05, 0.1) is 0 Å². The fourth-order valence-corrected chi connectivity index (χ4v) is 11.1. The summed E-state index contributed by atoms with van der Waals surface area (Å²) in [5.41, 5.74) is 0.940. The molecular weight excluding hydrogens is 292 g/mol. The second kappa shape index (κ2) is 5.57. The van der Waals surface area contributed by atoms with E-state index in [4.69, 9.17) is 13.3 Å². The Balaban J connectivity index is 2.02. The molecule has 4 fully saturated rings. The zero-order chi connectivity index (χ0) is 16.1. The summed E-state index contributed by atoms with van der Waals surface area (Å²) < 4.78 is 19.1. The summed E-state index contributed by atoms with van der Waals surface area (Å²) >= 11 is 0. The van der Waals surface area contributed by atoms with Crippen molar-refractivity contribution in [2.75, 3.05) is 19.8 Å². The third kappa shape index (κ3) is 2.50. The molecule has 22 heavy (non-hydrogen) atoms. The minimum atomic E-state index is -2.64. The second-order valence-electron chi connectivity index (χ2n) is 8.77. The molecule has 3 nitrogen and oxygen atoms in total. The maximum atomic E-state index is 6.38. The van der Waals surface area contributed by atoms with Gasteiger partial charge in [0, 0.05) is 24.9 Å². The van der Waals surface area contributed by atoms with Crippen LogP contribution in [0.2, 0.25) is 5.04 Å². The average molecular weight is 327 g/mol. The van der Waals surface area contributed by atoms with Gasteiger partial charge in [0.25, 0.3) is 0 Å². The second-order valence-corrected chi connectivity index (χ2v) is 11.8. The third-order valence-electron chi connectivity index (χ3n) is 6.28. The van der Waals surface area contributed by atoms with E-state index < -0.39 is 8.80 Å². The summed E-state index contributed by atoms with van der Waals surface area (Å²) in [6.45, 7) is 13.4. The van der Waals surface area contributed by atoms with Crippen LogP contribution >= 0.6 is 0 Å². The summed E-state index contributed by atoms with van der Waals surface area (Å²) in [5, 5.41) is 0.165. The Bertz CT molecular complexity index is 390. The van der Waals surface area contributed by atoms with E-state index in [1.807, 2.05) is 0 Å². The topological polar surface area (TPSA) is 27.7 Å². The van der Waals surface area contributed by atoms with Crippen LogP contribution < -0.4 is 0 Å². The van der Waals surface area contributed by atoms with Crippen LogP contribution in [0.25, 0.3) is 0 Å². The number of rotatable bonds is 7. The van der Waals surface area contributed by atoms with Crippen molar-refractivity contribution in [1.29, 1.82) is 0 Å². The maximum Gasteiger partial charge on any atom is 0.507 e. The van der Waals surface area contributed by atoms with Gasteiger partial charge in [-0.3, -0.25) is 0 Å². The van der Waals surface area contributed by atoms with Crippen molar-refractivity contribution < 1.29 is 13.3 Å². The van der Waals surface area contributed by atoms with Crippen LogP contribution in [0.4, 0.5) is 0 Å². The van der Waals surface area contributed by atoms with Gasteiger partial charge in [-0.15, -0.1) is 0 Å². The van der Waals surface area contributed by atoms with E-state index in [0.29, 0.717) is 30.7 Å². The largest absolute Gasteiger partial charge is 0.507 e. The molecule has 4 aliphatic carbocycles. The van der Waals surface area contributed by atoms with Gasteiger partial charge in [0.2, 0.25) is 0 Å². The third-order valence-corrected chi connectivity index (χ3v) is 10.1. The number of hydrogen-bond donors (Lipinski definition) is 0. The van der Waals surface area contributed by atoms with Gasteiger partial charge in [0.15, 0.2) is 0 Å². The fourth-order valence-electron chi connectivity index (χ4n) is 6.94. The number of hydrogen-bond acceptors (Lipinski definition) is 3. The molecule has 0 aromatic rings. The van der Waals surface area contributed by atoms with E-state index in [-0.39, 0.29) is 5.04 Å². The van der Waals surface area contributed by atoms with Gasteiger partial charge in [-0.05, 0) is 76.0 Å². The van der Waals surface area contributed by atoms with Gasteiger partial charge < -0.3 is 13.3 Å². The Morgan fingerprint density at radius 1 is 0.773 bits per heavy atom. The Kier molecular flexibility index (Phi) is 4.29. The molecule has 4 heteroatoms. The smallest absolute Gasteiger partial charge is 0.373 e. The van der Waals surface area contributed by atoms with Crippen LogP contribution in [0.15, 0.2) is 0 Å². The molecule has 2 unspecified atom stereocenters. The Morgan fingerprint density at radius 2 is 1.23 bits per heavy atom. The first kappa shape index (κ1) is 16.9. The van der Waals surface area contributed by atoms with Crippen molar-refractivity contribution in [1.82, 2.24) is 0 Å². The molecule has 128 valence electrons. The summed E-state index contributed by atoms with van der Waals surface area (Å²) in [6, 6.07) is 0. The minimum absolute atomic E-state index is 0.165. The molecule has 0 aromatic heterocycles. The first-order valence-corrected chi connectivity index (χ1v) is 11.0. The van der Waals surface area contributed by atoms with E-state index in [0.717, 1.165) is 5.92 Å². The zero-order valence-corrected chi connectivity index (χ0v) is 16.2. The predicted octanol–water partition coefficient (Wildman–Crippen LogP) is 4.79. The SMILES string of the molecule is CCO[Si](OCC)(OCC)C12CC3CC(C)(CC(C)(C3)C1)C2. The van der Waals surface area contributed by atoms with E-state index in [1.54, 1.807) is 0 Å². The molecule has 0 aliphatic heterocycles. The minimum Gasteiger partial charge on any atom is -0.373 e. The summed E-state index contributed by atoms with van der Waals surface area (Å²) in [7, 11) is -2.64. The van der Waals surface area contributed by atoms with Crippen molar-refractivity contribution in [3.8, 4) is 0 Å². The van der Waals surface area contributed by atoms with Gasteiger partial charge in [-0.2, -0.15) is 0 Å².